The predicted molar refractivity (Wildman–Crippen MR) is 151 cm³/mol. The molecule has 1 aromatic heterocycles. The summed E-state index contributed by atoms with van der Waals surface area (Å²) in [4.78, 5) is 46.7. The number of nitrogens with one attached hydrogen (secondary N) is 1. The van der Waals surface area contributed by atoms with Gasteiger partial charge < -0.3 is 19.9 Å². The number of hydrogen-bond donors (Lipinski definition) is 1. The molecule has 0 bridgehead atoms. The number of carbonyl (C=O) groups is 3. The molecular formula is C31H34N4O4. The fourth-order valence-electron chi connectivity index (χ4n) is 5.39. The fraction of sp³-hybridized carbons (Fsp3) is 0.355. The van der Waals surface area contributed by atoms with Crippen LogP contribution in [0.2, 0.25) is 0 Å². The number of hydrogen-bond acceptors (Lipinski definition) is 6. The molecule has 3 heterocycles. The first kappa shape index (κ1) is 26.4. The van der Waals surface area contributed by atoms with Gasteiger partial charge in [0.15, 0.2) is 0 Å². The lowest BCUT2D eigenvalue weighted by atomic mass is 10.00. The minimum Gasteiger partial charge on any atom is -0.467 e. The lowest BCUT2D eigenvalue weighted by molar-refractivity contribution is -0.147. The molecule has 2 amide bonds. The molecule has 2 aliphatic rings. The maximum atomic E-state index is 13.2. The summed E-state index contributed by atoms with van der Waals surface area (Å²) >= 11 is 0. The van der Waals surface area contributed by atoms with Crippen LogP contribution < -0.4 is 10.2 Å². The van der Waals surface area contributed by atoms with E-state index in [4.69, 9.17) is 4.74 Å². The normalized spacial score (nSPS) is 15.7. The van der Waals surface area contributed by atoms with Gasteiger partial charge in [-0.3, -0.25) is 9.59 Å². The van der Waals surface area contributed by atoms with Crippen LogP contribution in [-0.4, -0.2) is 53.9 Å². The summed E-state index contributed by atoms with van der Waals surface area (Å²) in [6, 6.07) is 16.4. The molecule has 0 aliphatic carbocycles. The minimum atomic E-state index is -0.627. The molecule has 0 spiro atoms. The van der Waals surface area contributed by atoms with Gasteiger partial charge >= 0.3 is 5.97 Å². The first-order valence-electron chi connectivity index (χ1n) is 13.5. The Morgan fingerprint density at radius 1 is 0.949 bits per heavy atom. The Labute approximate surface area is 229 Å². The lowest BCUT2D eigenvalue weighted by Gasteiger charge is -2.28. The number of pyridine rings is 1. The number of nitrogens with zero attached hydrogens (tertiary/aromatic N) is 3. The van der Waals surface area contributed by atoms with Crippen LogP contribution >= 0.6 is 0 Å². The summed E-state index contributed by atoms with van der Waals surface area (Å²) < 4.78 is 4.96. The Morgan fingerprint density at radius 2 is 1.67 bits per heavy atom. The van der Waals surface area contributed by atoms with Gasteiger partial charge in [-0.2, -0.15) is 0 Å². The van der Waals surface area contributed by atoms with Crippen molar-refractivity contribution in [3.8, 4) is 11.1 Å². The van der Waals surface area contributed by atoms with Crippen molar-refractivity contribution in [1.29, 1.82) is 0 Å². The fourth-order valence-corrected chi connectivity index (χ4v) is 5.39. The quantitative estimate of drug-likeness (QED) is 0.429. The van der Waals surface area contributed by atoms with Crippen LogP contribution in [0.5, 0.6) is 0 Å². The van der Waals surface area contributed by atoms with Crippen LogP contribution in [0.4, 0.5) is 11.5 Å². The second kappa shape index (κ2) is 11.3. The molecule has 2 aromatic carbocycles. The van der Waals surface area contributed by atoms with Crippen molar-refractivity contribution < 1.29 is 19.1 Å². The number of benzene rings is 2. The number of ether oxygens (including phenoxy) is 1. The zero-order valence-corrected chi connectivity index (χ0v) is 22.6. The molecule has 2 aliphatic heterocycles. The highest BCUT2D eigenvalue weighted by Crippen LogP contribution is 2.32. The number of anilines is 2. The topological polar surface area (TPSA) is 91.8 Å². The number of fused-ring (bicyclic) bond motifs is 1. The van der Waals surface area contributed by atoms with Gasteiger partial charge in [-0.1, -0.05) is 38.1 Å². The van der Waals surface area contributed by atoms with Crippen LogP contribution in [-0.2, 0) is 16.1 Å². The third kappa shape index (κ3) is 5.50. The number of rotatable bonds is 7. The molecule has 39 heavy (non-hydrogen) atoms. The third-order valence-corrected chi connectivity index (χ3v) is 7.52. The summed E-state index contributed by atoms with van der Waals surface area (Å²) in [6.07, 6.45) is 5.24. The van der Waals surface area contributed by atoms with Crippen LogP contribution in [0.1, 0.15) is 59.4 Å². The summed E-state index contributed by atoms with van der Waals surface area (Å²) in [5.74, 6) is 0.0596. The van der Waals surface area contributed by atoms with Crippen molar-refractivity contribution in [2.75, 3.05) is 30.4 Å². The number of amides is 2. The van der Waals surface area contributed by atoms with Gasteiger partial charge in [0.05, 0.1) is 12.7 Å². The first-order valence-corrected chi connectivity index (χ1v) is 13.5. The molecule has 1 fully saturated rings. The number of piperidine rings is 1. The van der Waals surface area contributed by atoms with E-state index in [1.807, 2.05) is 68.4 Å². The molecule has 1 N–H and O–H groups in total. The maximum Gasteiger partial charge on any atom is 0.328 e. The van der Waals surface area contributed by atoms with E-state index >= 15 is 0 Å². The van der Waals surface area contributed by atoms with E-state index in [1.165, 1.54) is 26.4 Å². The lowest BCUT2D eigenvalue weighted by Crippen LogP contribution is -2.45. The van der Waals surface area contributed by atoms with Gasteiger partial charge in [-0.15, -0.1) is 0 Å². The molecule has 8 nitrogen and oxygen atoms in total. The Balaban J connectivity index is 1.26. The Morgan fingerprint density at radius 3 is 2.31 bits per heavy atom. The van der Waals surface area contributed by atoms with E-state index < -0.39 is 12.0 Å². The van der Waals surface area contributed by atoms with Gasteiger partial charge in [-0.05, 0) is 72.2 Å². The summed E-state index contributed by atoms with van der Waals surface area (Å²) in [5, 5.41) is 2.93. The van der Waals surface area contributed by atoms with E-state index in [0.29, 0.717) is 23.4 Å². The average Bonchev–Trinajstić information content (AvgIpc) is 3.28. The molecule has 3 aromatic rings. The predicted octanol–water partition coefficient (Wildman–Crippen LogP) is 5.14. The molecule has 1 saturated heterocycles. The van der Waals surface area contributed by atoms with Gasteiger partial charge in [-0.25, -0.2) is 9.78 Å². The van der Waals surface area contributed by atoms with Crippen molar-refractivity contribution >= 4 is 29.3 Å². The Kier molecular flexibility index (Phi) is 7.63. The molecule has 0 radical (unpaired) electrons. The van der Waals surface area contributed by atoms with E-state index in [-0.39, 0.29) is 17.7 Å². The van der Waals surface area contributed by atoms with Crippen LogP contribution in [0.15, 0.2) is 60.8 Å². The molecular weight excluding hydrogens is 492 g/mol. The Hall–Kier alpha value is -4.20. The van der Waals surface area contributed by atoms with Gasteiger partial charge in [0, 0.05) is 37.1 Å². The van der Waals surface area contributed by atoms with Crippen molar-refractivity contribution in [2.24, 2.45) is 5.92 Å². The molecule has 1 atom stereocenters. The number of aromatic nitrogens is 1. The van der Waals surface area contributed by atoms with Gasteiger partial charge in [0.25, 0.3) is 11.8 Å². The number of methoxy groups -OCH3 is 1. The zero-order valence-electron chi connectivity index (χ0n) is 22.6. The number of carbonyl (C=O) groups excluding carboxylic acids is 3. The van der Waals surface area contributed by atoms with Crippen molar-refractivity contribution in [2.45, 2.75) is 45.7 Å². The molecule has 8 heteroatoms. The summed E-state index contributed by atoms with van der Waals surface area (Å²) in [5.41, 5.74) is 4.47. The average molecular weight is 527 g/mol. The molecule has 5 rings (SSSR count). The highest BCUT2D eigenvalue weighted by molar-refractivity contribution is 6.04. The van der Waals surface area contributed by atoms with E-state index in [2.05, 4.69) is 15.2 Å². The minimum absolute atomic E-state index is 0.0682. The van der Waals surface area contributed by atoms with Crippen LogP contribution in [0.3, 0.4) is 0 Å². The first-order chi connectivity index (χ1) is 18.9. The van der Waals surface area contributed by atoms with Crippen molar-refractivity contribution in [3.63, 3.8) is 0 Å². The Bertz CT molecular complexity index is 1360. The monoisotopic (exact) mass is 526 g/mol. The van der Waals surface area contributed by atoms with E-state index in [9.17, 15) is 14.4 Å². The highest BCUT2D eigenvalue weighted by atomic mass is 16.5. The second-order valence-electron chi connectivity index (χ2n) is 10.5. The zero-order chi connectivity index (χ0) is 27.5. The second-order valence-corrected chi connectivity index (χ2v) is 10.5. The van der Waals surface area contributed by atoms with E-state index in [0.717, 1.165) is 35.6 Å². The number of esters is 1. The van der Waals surface area contributed by atoms with E-state index in [1.54, 1.807) is 11.1 Å². The van der Waals surface area contributed by atoms with Gasteiger partial charge in [0.1, 0.15) is 11.9 Å². The maximum absolute atomic E-state index is 13.2. The van der Waals surface area contributed by atoms with Crippen LogP contribution in [0.25, 0.3) is 11.1 Å². The standard InChI is InChI=1S/C31H34N4O4/c1-20(2)28(31(38)39-3)35-19-24-8-7-22(17-26(24)30(35)37)21-9-12-25(13-10-21)33-29(36)23-11-14-27(32-18-23)34-15-5-4-6-16-34/h7-14,17-18,20,28H,4-6,15-16,19H2,1-3H3,(H,33,36). The summed E-state index contributed by atoms with van der Waals surface area (Å²) in [6.45, 7) is 6.21. The smallest absolute Gasteiger partial charge is 0.328 e. The molecule has 0 saturated carbocycles. The van der Waals surface area contributed by atoms with Gasteiger partial charge in [0.2, 0.25) is 0 Å². The molecule has 1 unspecified atom stereocenters. The highest BCUT2D eigenvalue weighted by Gasteiger charge is 2.38. The third-order valence-electron chi connectivity index (χ3n) is 7.52. The largest absolute Gasteiger partial charge is 0.467 e. The van der Waals surface area contributed by atoms with Crippen LogP contribution in [0, 0.1) is 5.92 Å². The van der Waals surface area contributed by atoms with Crippen molar-refractivity contribution in [3.05, 3.63) is 77.5 Å². The SMILES string of the molecule is COC(=O)C(C(C)C)N1Cc2ccc(-c3ccc(NC(=O)c4ccc(N5CCCCC5)nc4)cc3)cc2C1=O. The summed E-state index contributed by atoms with van der Waals surface area (Å²) in [7, 11) is 1.35. The molecule has 202 valence electrons. The van der Waals surface area contributed by atoms with Crippen molar-refractivity contribution in [1.82, 2.24) is 9.88 Å².